The molecule has 9 rings (SSSR count). The lowest BCUT2D eigenvalue weighted by molar-refractivity contribution is -0.134. The first-order chi connectivity index (χ1) is 30.7. The van der Waals surface area contributed by atoms with Gasteiger partial charge in [0.05, 0.1) is 24.3 Å². The number of halogens is 2. The molecule has 330 valence electrons. The van der Waals surface area contributed by atoms with E-state index in [1.54, 1.807) is 16.1 Å². The lowest BCUT2D eigenvalue weighted by Gasteiger charge is -2.38. The van der Waals surface area contributed by atoms with E-state index in [1.807, 2.05) is 56.4 Å². The van der Waals surface area contributed by atoms with Crippen molar-refractivity contribution in [2.75, 3.05) is 26.2 Å². The number of nitrogens with zero attached hydrogens (tertiary/aromatic N) is 6. The Morgan fingerprint density at radius 1 is 0.812 bits per heavy atom. The number of benzene rings is 3. The monoisotopic (exact) mass is 896 g/mol. The fraction of sp³-hybridized carbons (Fsp3) is 0.346. The molecule has 12 heteroatoms. The van der Waals surface area contributed by atoms with Crippen molar-refractivity contribution in [3.63, 3.8) is 0 Å². The van der Waals surface area contributed by atoms with Crippen LogP contribution in [0.15, 0.2) is 98.6 Å². The van der Waals surface area contributed by atoms with Crippen LogP contribution in [0.1, 0.15) is 73.9 Å². The Balaban J connectivity index is 0.000000175. The molecule has 10 nitrogen and oxygen atoms in total. The van der Waals surface area contributed by atoms with Gasteiger partial charge in [0.2, 0.25) is 11.8 Å². The fourth-order valence-electron chi connectivity index (χ4n) is 9.50. The van der Waals surface area contributed by atoms with Crippen LogP contribution in [0.5, 0.6) is 0 Å². The van der Waals surface area contributed by atoms with Gasteiger partial charge in [0.1, 0.15) is 6.33 Å². The van der Waals surface area contributed by atoms with Crippen LogP contribution in [0.3, 0.4) is 0 Å². The third-order valence-electron chi connectivity index (χ3n) is 12.8. The largest absolute Gasteiger partial charge is 0.340 e. The second-order valence-corrected chi connectivity index (χ2v) is 18.8. The zero-order valence-corrected chi connectivity index (χ0v) is 38.5. The Labute approximate surface area is 384 Å². The van der Waals surface area contributed by atoms with Gasteiger partial charge in [-0.1, -0.05) is 80.5 Å². The minimum Gasteiger partial charge on any atom is -0.340 e. The first-order valence-electron chi connectivity index (χ1n) is 22.1. The summed E-state index contributed by atoms with van der Waals surface area (Å²) < 4.78 is 4.21. The molecular formula is C52H54Cl2N6O4. The Bertz CT molecular complexity index is 2820. The summed E-state index contributed by atoms with van der Waals surface area (Å²) in [6, 6.07) is 18.2. The standard InChI is InChI=1S/C26H29ClN4O2.C26H25ClN2O2/c1-6-23(33)30-11-18(12-30)8-20(32)13-31-17(5)24(21-9-19(27)7-16(4)26(21)31)22-10-28-14-29-25(22)15(2)3;1-2-26(31)29-13-17(14-29)11-20(30)15-28-16-23(18-7-8-18)22-10-9-19(12-25(22)28)21-5-3-4-6-24(21)27/h6-7,9-10,14-15,18H,1,8,11-13H2,2-5H3;2-6,9-10,12,16-18H,1,7-8,11,13-15H2. The maximum Gasteiger partial charge on any atom is 0.245 e. The summed E-state index contributed by atoms with van der Waals surface area (Å²) in [6.07, 6.45) is 11.6. The first kappa shape index (κ1) is 44.8. The van der Waals surface area contributed by atoms with Crippen LogP contribution < -0.4 is 0 Å². The summed E-state index contributed by atoms with van der Waals surface area (Å²) in [4.78, 5) is 61.5. The topological polar surface area (TPSA) is 110 Å². The Morgan fingerprint density at radius 2 is 1.45 bits per heavy atom. The highest BCUT2D eigenvalue weighted by molar-refractivity contribution is 6.33. The van der Waals surface area contributed by atoms with E-state index in [-0.39, 0.29) is 47.7 Å². The molecule has 0 unspecified atom stereocenters. The molecule has 1 saturated carbocycles. The second kappa shape index (κ2) is 18.7. The normalized spacial score (nSPS) is 15.2. The maximum atomic E-state index is 13.1. The number of ketones is 2. The molecule has 0 atom stereocenters. The number of aryl methyl sites for hydroxylation is 1. The smallest absolute Gasteiger partial charge is 0.245 e. The number of carbonyl (C=O) groups is 4. The first-order valence-corrected chi connectivity index (χ1v) is 22.8. The molecule has 1 aliphatic carbocycles. The molecule has 0 bridgehead atoms. The maximum absolute atomic E-state index is 13.1. The van der Waals surface area contributed by atoms with Crippen molar-refractivity contribution in [3.05, 3.63) is 131 Å². The molecule has 2 saturated heterocycles. The average Bonchev–Trinajstić information content (AvgIpc) is 3.98. The zero-order valence-electron chi connectivity index (χ0n) is 36.9. The number of hydrogen-bond donors (Lipinski definition) is 0. The predicted molar refractivity (Wildman–Crippen MR) is 256 cm³/mol. The van der Waals surface area contributed by atoms with Crippen molar-refractivity contribution in [3.8, 4) is 22.3 Å². The lowest BCUT2D eigenvalue weighted by Crippen LogP contribution is -2.50. The van der Waals surface area contributed by atoms with E-state index in [2.05, 4.69) is 70.5 Å². The number of fused-ring (bicyclic) bond motifs is 2. The van der Waals surface area contributed by atoms with Gasteiger partial charge in [0.25, 0.3) is 0 Å². The van der Waals surface area contributed by atoms with Crippen LogP contribution in [0.2, 0.25) is 10.0 Å². The quantitative estimate of drug-likeness (QED) is 0.101. The summed E-state index contributed by atoms with van der Waals surface area (Å²) >= 11 is 12.9. The van der Waals surface area contributed by atoms with Gasteiger partial charge in [-0.3, -0.25) is 19.2 Å². The number of aromatic nitrogens is 4. The Hall–Kier alpha value is -5.84. The Kier molecular flexibility index (Phi) is 13.1. The van der Waals surface area contributed by atoms with Gasteiger partial charge in [0.15, 0.2) is 11.6 Å². The molecule has 3 aromatic carbocycles. The summed E-state index contributed by atoms with van der Waals surface area (Å²) in [6.45, 7) is 18.5. The van der Waals surface area contributed by atoms with Gasteiger partial charge < -0.3 is 18.9 Å². The van der Waals surface area contributed by atoms with Gasteiger partial charge in [-0.2, -0.15) is 0 Å². The van der Waals surface area contributed by atoms with Crippen molar-refractivity contribution in [1.29, 1.82) is 0 Å². The summed E-state index contributed by atoms with van der Waals surface area (Å²) in [5.74, 6) is 1.51. The number of rotatable bonds is 14. The summed E-state index contributed by atoms with van der Waals surface area (Å²) in [7, 11) is 0. The summed E-state index contributed by atoms with van der Waals surface area (Å²) in [5, 5.41) is 3.63. The van der Waals surface area contributed by atoms with E-state index in [4.69, 9.17) is 23.2 Å². The zero-order chi connectivity index (χ0) is 45.4. The highest BCUT2D eigenvalue weighted by Gasteiger charge is 2.33. The molecule has 0 radical (unpaired) electrons. The third-order valence-corrected chi connectivity index (χ3v) is 13.4. The average molecular weight is 898 g/mol. The van der Waals surface area contributed by atoms with Crippen LogP contribution >= 0.6 is 23.2 Å². The van der Waals surface area contributed by atoms with E-state index < -0.39 is 0 Å². The van der Waals surface area contributed by atoms with E-state index in [9.17, 15) is 19.2 Å². The molecule has 6 aromatic rings. The van der Waals surface area contributed by atoms with E-state index in [0.29, 0.717) is 56.5 Å². The van der Waals surface area contributed by atoms with Gasteiger partial charge in [0, 0.05) is 112 Å². The Morgan fingerprint density at radius 3 is 2.06 bits per heavy atom. The van der Waals surface area contributed by atoms with Crippen LogP contribution in [-0.2, 0) is 32.3 Å². The molecular weight excluding hydrogens is 844 g/mol. The van der Waals surface area contributed by atoms with Crippen molar-refractivity contribution in [2.45, 2.75) is 78.3 Å². The van der Waals surface area contributed by atoms with Gasteiger partial charge >= 0.3 is 0 Å². The third kappa shape index (κ3) is 9.22. The molecule has 3 aromatic heterocycles. The number of Topliss-reactive ketones (excluding diaryl/α,β-unsaturated/α-hetero) is 2. The SMILES string of the molecule is C=CC(=O)N1CC(CC(=O)Cn2c(C)c(-c3cncnc3C(C)C)c3cc(Cl)cc(C)c32)C1.C=CC(=O)N1CC(CC(=O)Cn2cc(C3CC3)c3ccc(-c4ccccc4Cl)cc32)C1. The molecule has 0 spiro atoms. The number of carbonyl (C=O) groups excluding carboxylic acids is 4. The van der Waals surface area contributed by atoms with Crippen LogP contribution in [0.4, 0.5) is 0 Å². The molecule has 0 N–H and O–H groups in total. The van der Waals surface area contributed by atoms with E-state index in [0.717, 1.165) is 60.6 Å². The van der Waals surface area contributed by atoms with Gasteiger partial charge in [-0.15, -0.1) is 0 Å². The highest BCUT2D eigenvalue weighted by Crippen LogP contribution is 2.45. The van der Waals surface area contributed by atoms with Crippen LogP contribution in [0.25, 0.3) is 44.1 Å². The number of amides is 2. The highest BCUT2D eigenvalue weighted by atomic mass is 35.5. The molecule has 5 heterocycles. The van der Waals surface area contributed by atoms with Crippen molar-refractivity contribution >= 4 is 68.4 Å². The minimum absolute atomic E-state index is 0.0544. The van der Waals surface area contributed by atoms with Crippen LogP contribution in [-0.4, -0.2) is 78.5 Å². The van der Waals surface area contributed by atoms with Gasteiger partial charge in [-0.05, 0) is 91.6 Å². The number of hydrogen-bond acceptors (Lipinski definition) is 6. The molecule has 3 fully saturated rings. The van der Waals surface area contributed by atoms with Crippen LogP contribution in [0, 0.1) is 25.7 Å². The second-order valence-electron chi connectivity index (χ2n) is 18.0. The molecule has 3 aliphatic rings. The lowest BCUT2D eigenvalue weighted by atomic mass is 9.94. The van der Waals surface area contributed by atoms with Crippen molar-refractivity contribution < 1.29 is 19.2 Å². The summed E-state index contributed by atoms with van der Waals surface area (Å²) in [5.41, 5.74) is 10.5. The fourth-order valence-corrected chi connectivity index (χ4v) is 10.0. The molecule has 2 amide bonds. The molecule has 2 aliphatic heterocycles. The molecule has 64 heavy (non-hydrogen) atoms. The minimum atomic E-state index is -0.0749. The van der Waals surface area contributed by atoms with E-state index >= 15 is 0 Å². The van der Waals surface area contributed by atoms with E-state index in [1.165, 1.54) is 35.9 Å². The van der Waals surface area contributed by atoms with Gasteiger partial charge in [-0.25, -0.2) is 9.97 Å². The van der Waals surface area contributed by atoms with Crippen molar-refractivity contribution in [2.24, 2.45) is 11.8 Å². The predicted octanol–water partition coefficient (Wildman–Crippen LogP) is 10.5. The number of likely N-dealkylation sites (tertiary alicyclic amines) is 2. The van der Waals surface area contributed by atoms with Crippen molar-refractivity contribution in [1.82, 2.24) is 28.9 Å².